The topological polar surface area (TPSA) is 78.9 Å². The fourth-order valence-electron chi connectivity index (χ4n) is 10.4. The van der Waals surface area contributed by atoms with Crippen molar-refractivity contribution < 1.29 is 28.6 Å². The van der Waals surface area contributed by atoms with Gasteiger partial charge in [-0.15, -0.1) is 0 Å². The molecule has 0 rings (SSSR count). The average Bonchev–Trinajstić information content (AvgIpc) is 3.43. The summed E-state index contributed by atoms with van der Waals surface area (Å²) < 4.78 is 17.0. The lowest BCUT2D eigenvalue weighted by atomic mass is 10.0. The molecule has 77 heavy (non-hydrogen) atoms. The van der Waals surface area contributed by atoms with Gasteiger partial charge < -0.3 is 14.2 Å². The van der Waals surface area contributed by atoms with Crippen LogP contribution in [0, 0.1) is 0 Å². The Kier molecular flexibility index (Phi) is 64.1. The number of hydrogen-bond acceptors (Lipinski definition) is 6. The van der Waals surface area contributed by atoms with Crippen LogP contribution in [0.3, 0.4) is 0 Å². The van der Waals surface area contributed by atoms with Crippen LogP contribution < -0.4 is 0 Å². The van der Waals surface area contributed by atoms with E-state index >= 15 is 0 Å². The largest absolute Gasteiger partial charge is 0.462 e. The Labute approximate surface area is 480 Å². The van der Waals surface area contributed by atoms with E-state index in [1.165, 1.54) is 270 Å². The Morgan fingerprint density at radius 1 is 0.260 bits per heavy atom. The highest BCUT2D eigenvalue weighted by Gasteiger charge is 2.19. The molecule has 0 bridgehead atoms. The third-order valence-corrected chi connectivity index (χ3v) is 15.6. The van der Waals surface area contributed by atoms with Gasteiger partial charge in [0.1, 0.15) is 13.2 Å². The first-order chi connectivity index (χ1) is 38.0. The fourth-order valence-corrected chi connectivity index (χ4v) is 10.4. The standard InChI is InChI=1S/C71H132O6/c1-4-7-10-13-16-19-22-25-28-31-33-34-35-36-38-40-43-46-49-52-55-58-61-64-70(73)76-67-68(66-75-69(72)63-60-57-54-51-48-45-42-39-30-27-24-21-18-15-12-9-6-3)77-71(74)65-62-59-56-53-50-47-44-41-37-32-29-26-23-20-17-14-11-8-5-2/h18,21,26-27,29-30,68H,4-17,19-20,22-25,28,31-67H2,1-3H3/b21-18-,29-26-,30-27-. The van der Waals surface area contributed by atoms with Gasteiger partial charge in [-0.05, 0) is 77.0 Å². The summed E-state index contributed by atoms with van der Waals surface area (Å²) in [5, 5.41) is 0. The molecule has 0 saturated carbocycles. The molecule has 0 N–H and O–H groups in total. The van der Waals surface area contributed by atoms with E-state index in [1.807, 2.05) is 0 Å². The average molecular weight is 1080 g/mol. The van der Waals surface area contributed by atoms with Crippen LogP contribution in [0.4, 0.5) is 0 Å². The van der Waals surface area contributed by atoms with Crippen LogP contribution in [-0.4, -0.2) is 37.2 Å². The molecule has 0 aromatic heterocycles. The zero-order chi connectivity index (χ0) is 55.7. The molecule has 452 valence electrons. The molecule has 0 fully saturated rings. The maximum Gasteiger partial charge on any atom is 0.306 e. The molecule has 0 aromatic rings. The number of carbonyl (C=O) groups excluding carboxylic acids is 3. The molecule has 0 spiro atoms. The third kappa shape index (κ3) is 64.3. The number of unbranched alkanes of at least 4 members (excludes halogenated alkanes) is 47. The molecule has 1 atom stereocenters. The molecular weight excluding hydrogens is 949 g/mol. The van der Waals surface area contributed by atoms with E-state index in [-0.39, 0.29) is 31.1 Å². The minimum Gasteiger partial charge on any atom is -0.462 e. The Balaban J connectivity index is 4.30. The third-order valence-electron chi connectivity index (χ3n) is 15.6. The van der Waals surface area contributed by atoms with Crippen molar-refractivity contribution in [1.82, 2.24) is 0 Å². The molecule has 0 radical (unpaired) electrons. The molecule has 0 aromatic carbocycles. The number of esters is 3. The van der Waals surface area contributed by atoms with Crippen LogP contribution >= 0.6 is 0 Å². The van der Waals surface area contributed by atoms with Crippen molar-refractivity contribution in [2.24, 2.45) is 0 Å². The maximum atomic E-state index is 12.9. The van der Waals surface area contributed by atoms with E-state index in [9.17, 15) is 14.4 Å². The van der Waals surface area contributed by atoms with Gasteiger partial charge in [0.15, 0.2) is 6.10 Å². The van der Waals surface area contributed by atoms with Gasteiger partial charge >= 0.3 is 17.9 Å². The van der Waals surface area contributed by atoms with Crippen LogP contribution in [0.15, 0.2) is 36.5 Å². The predicted octanol–water partition coefficient (Wildman–Crippen LogP) is 23.6. The van der Waals surface area contributed by atoms with Crippen LogP contribution in [0.2, 0.25) is 0 Å². The van der Waals surface area contributed by atoms with Crippen molar-refractivity contribution in [3.8, 4) is 0 Å². The molecule has 6 heteroatoms. The highest BCUT2D eigenvalue weighted by atomic mass is 16.6. The monoisotopic (exact) mass is 1080 g/mol. The minimum atomic E-state index is -0.776. The van der Waals surface area contributed by atoms with E-state index < -0.39 is 6.10 Å². The van der Waals surface area contributed by atoms with Crippen molar-refractivity contribution in [2.45, 2.75) is 386 Å². The summed E-state index contributed by atoms with van der Waals surface area (Å²) in [7, 11) is 0. The van der Waals surface area contributed by atoms with Gasteiger partial charge in [-0.3, -0.25) is 14.4 Å². The number of ether oxygens (including phenoxy) is 3. The quantitative estimate of drug-likeness (QED) is 0.0261. The van der Waals surface area contributed by atoms with Gasteiger partial charge in [0.25, 0.3) is 0 Å². The summed E-state index contributed by atoms with van der Waals surface area (Å²) in [6.45, 7) is 6.68. The van der Waals surface area contributed by atoms with E-state index in [2.05, 4.69) is 57.2 Å². The van der Waals surface area contributed by atoms with Crippen molar-refractivity contribution in [3.05, 3.63) is 36.5 Å². The summed E-state index contributed by atoms with van der Waals surface area (Å²) in [6.07, 6.45) is 81.6. The molecule has 0 saturated heterocycles. The number of rotatable bonds is 64. The van der Waals surface area contributed by atoms with Gasteiger partial charge in [-0.1, -0.05) is 320 Å². The van der Waals surface area contributed by atoms with E-state index in [0.29, 0.717) is 19.3 Å². The number of allylic oxidation sites excluding steroid dienone is 6. The molecule has 6 nitrogen and oxygen atoms in total. The lowest BCUT2D eigenvalue weighted by Crippen LogP contribution is -2.30. The van der Waals surface area contributed by atoms with E-state index in [0.717, 1.165) is 70.6 Å². The molecule has 0 aliphatic carbocycles. The first-order valence-corrected chi connectivity index (χ1v) is 34.5. The lowest BCUT2D eigenvalue weighted by molar-refractivity contribution is -0.167. The second-order valence-corrected chi connectivity index (χ2v) is 23.4. The predicted molar refractivity (Wildman–Crippen MR) is 335 cm³/mol. The molecular formula is C71H132O6. The van der Waals surface area contributed by atoms with Gasteiger partial charge in [0.2, 0.25) is 0 Å². The molecule has 0 aliphatic rings. The lowest BCUT2D eigenvalue weighted by Gasteiger charge is -2.18. The SMILES string of the molecule is CCCCC/C=C\C/C=C\CCCCCCCCCC(=O)OCC(COC(=O)CCCCCCCCCCCCCCCCCCCCCCCCC)OC(=O)CCCCCCCCCCC/C=C\CCCCCCCC. The van der Waals surface area contributed by atoms with Gasteiger partial charge in [0, 0.05) is 19.3 Å². The second-order valence-electron chi connectivity index (χ2n) is 23.4. The Hall–Kier alpha value is -2.37. The van der Waals surface area contributed by atoms with Crippen LogP contribution in [-0.2, 0) is 28.6 Å². The first kappa shape index (κ1) is 74.6. The van der Waals surface area contributed by atoms with Gasteiger partial charge in [0.05, 0.1) is 0 Å². The minimum absolute atomic E-state index is 0.0708. The van der Waals surface area contributed by atoms with Crippen LogP contribution in [0.25, 0.3) is 0 Å². The number of hydrogen-bond donors (Lipinski definition) is 0. The summed E-state index contributed by atoms with van der Waals surface area (Å²) in [5.74, 6) is -0.853. The molecule has 0 amide bonds. The van der Waals surface area contributed by atoms with Crippen molar-refractivity contribution in [2.75, 3.05) is 13.2 Å². The zero-order valence-electron chi connectivity index (χ0n) is 52.0. The zero-order valence-corrected chi connectivity index (χ0v) is 52.0. The highest BCUT2D eigenvalue weighted by molar-refractivity contribution is 5.71. The highest BCUT2D eigenvalue weighted by Crippen LogP contribution is 2.18. The maximum absolute atomic E-state index is 12.9. The first-order valence-electron chi connectivity index (χ1n) is 34.5. The van der Waals surface area contributed by atoms with Crippen molar-refractivity contribution in [3.63, 3.8) is 0 Å². The normalized spacial score (nSPS) is 12.2. The molecule has 0 heterocycles. The summed E-state index contributed by atoms with van der Waals surface area (Å²) in [5.41, 5.74) is 0. The van der Waals surface area contributed by atoms with Crippen LogP contribution in [0.1, 0.15) is 380 Å². The summed E-state index contributed by atoms with van der Waals surface area (Å²) in [4.78, 5) is 38.4. The van der Waals surface area contributed by atoms with Gasteiger partial charge in [-0.25, -0.2) is 0 Å². The Morgan fingerprint density at radius 2 is 0.468 bits per heavy atom. The van der Waals surface area contributed by atoms with Crippen LogP contribution in [0.5, 0.6) is 0 Å². The number of carbonyl (C=O) groups is 3. The Morgan fingerprint density at radius 3 is 0.753 bits per heavy atom. The van der Waals surface area contributed by atoms with E-state index in [4.69, 9.17) is 14.2 Å². The summed E-state index contributed by atoms with van der Waals surface area (Å²) in [6, 6.07) is 0. The molecule has 0 aliphatic heterocycles. The smallest absolute Gasteiger partial charge is 0.306 e. The Bertz CT molecular complexity index is 1290. The fraction of sp³-hybridized carbons (Fsp3) is 0.873. The van der Waals surface area contributed by atoms with Crippen molar-refractivity contribution in [1.29, 1.82) is 0 Å². The second kappa shape index (κ2) is 66.1. The molecule has 1 unspecified atom stereocenters. The van der Waals surface area contributed by atoms with E-state index in [1.54, 1.807) is 0 Å². The summed E-state index contributed by atoms with van der Waals surface area (Å²) >= 11 is 0. The van der Waals surface area contributed by atoms with Gasteiger partial charge in [-0.2, -0.15) is 0 Å². The van der Waals surface area contributed by atoms with Crippen molar-refractivity contribution >= 4 is 17.9 Å².